The van der Waals surface area contributed by atoms with Gasteiger partial charge in [0.1, 0.15) is 5.54 Å². The van der Waals surface area contributed by atoms with E-state index in [1.165, 1.54) is 32.8 Å². The van der Waals surface area contributed by atoms with Gasteiger partial charge in [-0.25, -0.2) is 4.79 Å². The maximum Gasteiger partial charge on any atom is 0.328 e. The molecule has 0 fully saturated rings. The molecule has 114 valence electrons. The summed E-state index contributed by atoms with van der Waals surface area (Å²) in [6.45, 7) is 9.10. The SMILES string of the molecule is CCCCCCCOCC(C)(NC(C)C)C(=O)OC. The molecule has 1 atom stereocenters. The summed E-state index contributed by atoms with van der Waals surface area (Å²) >= 11 is 0. The zero-order valence-corrected chi connectivity index (χ0v) is 13.3. The van der Waals surface area contributed by atoms with E-state index in [9.17, 15) is 4.79 Å². The van der Waals surface area contributed by atoms with Crippen LogP contribution in [0.3, 0.4) is 0 Å². The van der Waals surface area contributed by atoms with E-state index in [1.807, 2.05) is 20.8 Å². The number of hydrogen-bond acceptors (Lipinski definition) is 4. The van der Waals surface area contributed by atoms with Crippen LogP contribution in [0.4, 0.5) is 0 Å². The molecule has 0 heterocycles. The molecule has 0 rings (SSSR count). The van der Waals surface area contributed by atoms with Crippen LogP contribution in [0.5, 0.6) is 0 Å². The predicted molar refractivity (Wildman–Crippen MR) is 78.3 cm³/mol. The highest BCUT2D eigenvalue weighted by Gasteiger charge is 2.35. The van der Waals surface area contributed by atoms with Crippen molar-refractivity contribution in [3.05, 3.63) is 0 Å². The molecule has 4 heteroatoms. The molecule has 0 aromatic heterocycles. The number of unbranched alkanes of at least 4 members (excludes halogenated alkanes) is 4. The lowest BCUT2D eigenvalue weighted by atomic mass is 10.0. The molecule has 19 heavy (non-hydrogen) atoms. The summed E-state index contributed by atoms with van der Waals surface area (Å²) in [6, 6.07) is 0.206. The van der Waals surface area contributed by atoms with Gasteiger partial charge in [-0.3, -0.25) is 5.32 Å². The van der Waals surface area contributed by atoms with Crippen LogP contribution < -0.4 is 5.32 Å². The molecule has 0 saturated carbocycles. The molecular weight excluding hydrogens is 242 g/mol. The zero-order chi connectivity index (χ0) is 14.7. The molecule has 1 N–H and O–H groups in total. The van der Waals surface area contributed by atoms with E-state index in [1.54, 1.807) is 0 Å². The summed E-state index contributed by atoms with van der Waals surface area (Å²) in [5, 5.41) is 3.22. The van der Waals surface area contributed by atoms with Crippen molar-refractivity contribution >= 4 is 5.97 Å². The lowest BCUT2D eigenvalue weighted by Gasteiger charge is -2.29. The molecule has 0 saturated heterocycles. The van der Waals surface area contributed by atoms with E-state index in [0.717, 1.165) is 6.42 Å². The van der Waals surface area contributed by atoms with Gasteiger partial charge in [0, 0.05) is 12.6 Å². The molecule has 0 aliphatic carbocycles. The Bertz CT molecular complexity index is 244. The van der Waals surface area contributed by atoms with Crippen LogP contribution in [0.2, 0.25) is 0 Å². The van der Waals surface area contributed by atoms with E-state index in [4.69, 9.17) is 9.47 Å². The minimum atomic E-state index is -0.758. The van der Waals surface area contributed by atoms with Crippen molar-refractivity contribution in [1.82, 2.24) is 5.32 Å². The van der Waals surface area contributed by atoms with Crippen LogP contribution in [0, 0.1) is 0 Å². The second kappa shape index (κ2) is 10.2. The maximum absolute atomic E-state index is 11.8. The van der Waals surface area contributed by atoms with Crippen LogP contribution in [0.25, 0.3) is 0 Å². The Balaban J connectivity index is 3.97. The van der Waals surface area contributed by atoms with Crippen molar-refractivity contribution in [3.63, 3.8) is 0 Å². The predicted octanol–water partition coefficient (Wildman–Crippen LogP) is 2.90. The summed E-state index contributed by atoms with van der Waals surface area (Å²) in [4.78, 5) is 11.8. The lowest BCUT2D eigenvalue weighted by Crippen LogP contribution is -2.56. The molecule has 0 bridgehead atoms. The van der Waals surface area contributed by atoms with Crippen molar-refractivity contribution in [3.8, 4) is 0 Å². The molecular formula is C15H31NO3. The smallest absolute Gasteiger partial charge is 0.328 e. The molecule has 4 nitrogen and oxygen atoms in total. The fraction of sp³-hybridized carbons (Fsp3) is 0.933. The van der Waals surface area contributed by atoms with Gasteiger partial charge in [-0.1, -0.05) is 32.6 Å². The van der Waals surface area contributed by atoms with Gasteiger partial charge in [0.2, 0.25) is 0 Å². The number of rotatable bonds is 11. The maximum atomic E-state index is 11.8. The first-order chi connectivity index (χ1) is 8.96. The second-order valence-corrected chi connectivity index (χ2v) is 5.59. The Labute approximate surface area is 118 Å². The van der Waals surface area contributed by atoms with Gasteiger partial charge >= 0.3 is 5.97 Å². The highest BCUT2D eigenvalue weighted by atomic mass is 16.5. The molecule has 0 amide bonds. The minimum absolute atomic E-state index is 0.206. The Kier molecular flexibility index (Phi) is 9.88. The molecule has 0 spiro atoms. The number of ether oxygens (including phenoxy) is 2. The van der Waals surface area contributed by atoms with Crippen LogP contribution in [0.15, 0.2) is 0 Å². The summed E-state index contributed by atoms with van der Waals surface area (Å²) in [5.41, 5.74) is -0.758. The average Bonchev–Trinajstić information content (AvgIpc) is 2.35. The van der Waals surface area contributed by atoms with Gasteiger partial charge in [0.25, 0.3) is 0 Å². The van der Waals surface area contributed by atoms with Crippen LogP contribution in [-0.2, 0) is 14.3 Å². The summed E-state index contributed by atoms with van der Waals surface area (Å²) in [7, 11) is 1.41. The highest BCUT2D eigenvalue weighted by Crippen LogP contribution is 2.10. The number of carbonyl (C=O) groups excluding carboxylic acids is 1. The normalized spacial score (nSPS) is 14.4. The number of nitrogens with one attached hydrogen (secondary N) is 1. The molecule has 0 aliphatic heterocycles. The van der Waals surface area contributed by atoms with Gasteiger partial charge in [0.15, 0.2) is 0 Å². The zero-order valence-electron chi connectivity index (χ0n) is 13.3. The van der Waals surface area contributed by atoms with E-state index >= 15 is 0 Å². The Morgan fingerprint density at radius 1 is 1.21 bits per heavy atom. The highest BCUT2D eigenvalue weighted by molar-refractivity contribution is 5.80. The summed E-state index contributed by atoms with van der Waals surface area (Å²) < 4.78 is 10.5. The quantitative estimate of drug-likeness (QED) is 0.464. The first-order valence-corrected chi connectivity index (χ1v) is 7.40. The topological polar surface area (TPSA) is 47.6 Å². The third kappa shape index (κ3) is 8.22. The van der Waals surface area contributed by atoms with Gasteiger partial charge < -0.3 is 9.47 Å². The minimum Gasteiger partial charge on any atom is -0.468 e. The molecule has 0 aliphatic rings. The average molecular weight is 273 g/mol. The van der Waals surface area contributed by atoms with E-state index in [2.05, 4.69) is 12.2 Å². The van der Waals surface area contributed by atoms with Crippen molar-refractivity contribution in [2.24, 2.45) is 0 Å². The van der Waals surface area contributed by atoms with Gasteiger partial charge in [-0.05, 0) is 27.2 Å². The van der Waals surface area contributed by atoms with Crippen molar-refractivity contribution in [2.45, 2.75) is 71.4 Å². The standard InChI is InChI=1S/C15H31NO3/c1-6-7-8-9-10-11-19-12-15(4,14(17)18-5)16-13(2)3/h13,16H,6-12H2,1-5H3. The number of esters is 1. The van der Waals surface area contributed by atoms with Gasteiger partial charge in [-0.2, -0.15) is 0 Å². The fourth-order valence-corrected chi connectivity index (χ4v) is 2.11. The van der Waals surface area contributed by atoms with E-state index < -0.39 is 5.54 Å². The Morgan fingerprint density at radius 2 is 1.84 bits per heavy atom. The molecule has 0 aromatic rings. The fourth-order valence-electron chi connectivity index (χ4n) is 2.11. The van der Waals surface area contributed by atoms with Crippen molar-refractivity contribution < 1.29 is 14.3 Å². The van der Waals surface area contributed by atoms with E-state index in [0.29, 0.717) is 13.2 Å². The summed E-state index contributed by atoms with van der Waals surface area (Å²) in [5.74, 6) is -0.271. The first-order valence-electron chi connectivity index (χ1n) is 7.40. The number of hydrogen-bond donors (Lipinski definition) is 1. The summed E-state index contributed by atoms with van der Waals surface area (Å²) in [6.07, 6.45) is 6.05. The van der Waals surface area contributed by atoms with Gasteiger partial charge in [0.05, 0.1) is 13.7 Å². The van der Waals surface area contributed by atoms with Gasteiger partial charge in [-0.15, -0.1) is 0 Å². The molecule has 0 radical (unpaired) electrons. The third-order valence-corrected chi connectivity index (χ3v) is 3.03. The monoisotopic (exact) mass is 273 g/mol. The molecule has 0 aromatic carbocycles. The third-order valence-electron chi connectivity index (χ3n) is 3.03. The largest absolute Gasteiger partial charge is 0.468 e. The second-order valence-electron chi connectivity index (χ2n) is 5.59. The number of methoxy groups -OCH3 is 1. The Hall–Kier alpha value is -0.610. The van der Waals surface area contributed by atoms with Crippen LogP contribution >= 0.6 is 0 Å². The van der Waals surface area contributed by atoms with E-state index in [-0.39, 0.29) is 12.0 Å². The molecule has 1 unspecified atom stereocenters. The van der Waals surface area contributed by atoms with Crippen LogP contribution in [-0.4, -0.2) is 37.9 Å². The van der Waals surface area contributed by atoms with Crippen molar-refractivity contribution in [2.75, 3.05) is 20.3 Å². The number of carbonyl (C=O) groups is 1. The van der Waals surface area contributed by atoms with Crippen molar-refractivity contribution in [1.29, 1.82) is 0 Å². The first kappa shape index (κ1) is 18.4. The Morgan fingerprint density at radius 3 is 2.37 bits per heavy atom. The lowest BCUT2D eigenvalue weighted by molar-refractivity contribution is -0.151. The van der Waals surface area contributed by atoms with Crippen LogP contribution in [0.1, 0.15) is 59.8 Å².